The molecular weight excluding hydrogens is 228 g/mol. The molecule has 2 rings (SSSR count). The number of hydrogen-bond donors (Lipinski definition) is 1. The molecule has 0 aromatic heterocycles. The van der Waals surface area contributed by atoms with E-state index < -0.39 is 0 Å². The highest BCUT2D eigenvalue weighted by Gasteiger charge is 2.26. The molecule has 4 heteroatoms. The fraction of sp³-hybridized carbons (Fsp3) is 0.929. The Morgan fingerprint density at radius 3 is 2.94 bits per heavy atom. The Hall–Kier alpha value is -0.610. The lowest BCUT2D eigenvalue weighted by atomic mass is 9.82. The smallest absolute Gasteiger partial charge is 0.223 e. The Morgan fingerprint density at radius 2 is 2.28 bits per heavy atom. The Balaban J connectivity index is 1.70. The predicted molar refractivity (Wildman–Crippen MR) is 71.4 cm³/mol. The van der Waals surface area contributed by atoms with E-state index in [1.54, 1.807) is 0 Å². The summed E-state index contributed by atoms with van der Waals surface area (Å²) in [6.45, 7) is 2.95. The minimum atomic E-state index is 0.222. The second-order valence-corrected chi connectivity index (χ2v) is 5.56. The molecule has 2 fully saturated rings. The summed E-state index contributed by atoms with van der Waals surface area (Å²) in [4.78, 5) is 14.2. The summed E-state index contributed by atoms with van der Waals surface area (Å²) in [6, 6.07) is 0.222. The zero-order valence-electron chi connectivity index (χ0n) is 11.5. The molecule has 1 saturated carbocycles. The highest BCUT2D eigenvalue weighted by atomic mass is 16.5. The Morgan fingerprint density at radius 1 is 1.44 bits per heavy atom. The third-order valence-corrected chi connectivity index (χ3v) is 4.22. The molecule has 0 spiro atoms. The molecule has 1 aliphatic carbocycles. The average molecular weight is 254 g/mol. The predicted octanol–water partition coefficient (Wildman–Crippen LogP) is 1.40. The first-order valence-electron chi connectivity index (χ1n) is 7.33. The topological polar surface area (TPSA) is 41.6 Å². The van der Waals surface area contributed by atoms with Gasteiger partial charge in [0.15, 0.2) is 0 Å². The number of hydrogen-bond acceptors (Lipinski definition) is 3. The third-order valence-electron chi connectivity index (χ3n) is 4.22. The zero-order valence-corrected chi connectivity index (χ0v) is 11.5. The van der Waals surface area contributed by atoms with Gasteiger partial charge in [0.05, 0.1) is 19.3 Å². The van der Waals surface area contributed by atoms with E-state index in [2.05, 4.69) is 5.32 Å². The molecule has 1 unspecified atom stereocenters. The Bertz CT molecular complexity index is 265. The molecule has 1 N–H and O–H groups in total. The van der Waals surface area contributed by atoms with E-state index in [1.807, 2.05) is 11.9 Å². The molecule has 1 heterocycles. The number of morpholine rings is 1. The summed E-state index contributed by atoms with van der Waals surface area (Å²) in [5, 5.41) is 3.14. The maximum absolute atomic E-state index is 12.2. The monoisotopic (exact) mass is 254 g/mol. The van der Waals surface area contributed by atoms with Crippen molar-refractivity contribution in [3.05, 3.63) is 0 Å². The van der Waals surface area contributed by atoms with E-state index in [4.69, 9.17) is 4.74 Å². The van der Waals surface area contributed by atoms with Crippen LogP contribution in [0, 0.1) is 5.92 Å². The number of nitrogens with zero attached hydrogens (tertiary/aromatic N) is 1. The molecule has 1 aliphatic heterocycles. The van der Waals surface area contributed by atoms with Crippen LogP contribution < -0.4 is 5.32 Å². The van der Waals surface area contributed by atoms with Crippen molar-refractivity contribution >= 4 is 5.91 Å². The molecule has 0 bridgehead atoms. The molecule has 1 saturated heterocycles. The van der Waals surface area contributed by atoms with Crippen molar-refractivity contribution < 1.29 is 9.53 Å². The molecule has 0 aromatic carbocycles. The van der Waals surface area contributed by atoms with Crippen LogP contribution in [-0.4, -0.2) is 50.2 Å². The van der Waals surface area contributed by atoms with Crippen LogP contribution in [-0.2, 0) is 9.53 Å². The lowest BCUT2D eigenvalue weighted by Crippen LogP contribution is -2.52. The number of nitrogens with one attached hydrogen (secondary N) is 1. The van der Waals surface area contributed by atoms with Crippen molar-refractivity contribution in [2.24, 2.45) is 5.92 Å². The summed E-state index contributed by atoms with van der Waals surface area (Å²) in [5.74, 6) is 1.23. The van der Waals surface area contributed by atoms with Gasteiger partial charge in [0.1, 0.15) is 0 Å². The van der Waals surface area contributed by atoms with Gasteiger partial charge in [-0.05, 0) is 25.8 Å². The van der Waals surface area contributed by atoms with Gasteiger partial charge in [-0.1, -0.05) is 19.3 Å². The van der Waals surface area contributed by atoms with Crippen molar-refractivity contribution in [2.75, 3.05) is 33.4 Å². The minimum absolute atomic E-state index is 0.222. The molecule has 1 atom stereocenters. The molecule has 2 aliphatic rings. The van der Waals surface area contributed by atoms with Crippen molar-refractivity contribution in [3.63, 3.8) is 0 Å². The van der Waals surface area contributed by atoms with Gasteiger partial charge in [-0.3, -0.25) is 4.79 Å². The number of ether oxygens (including phenoxy) is 1. The lowest BCUT2D eigenvalue weighted by Gasteiger charge is -2.36. The van der Waals surface area contributed by atoms with Crippen molar-refractivity contribution in [3.8, 4) is 0 Å². The number of rotatable bonds is 6. The van der Waals surface area contributed by atoms with Crippen LogP contribution in [0.4, 0.5) is 0 Å². The number of carbonyl (C=O) groups excluding carboxylic acids is 1. The van der Waals surface area contributed by atoms with Gasteiger partial charge in [0.25, 0.3) is 0 Å². The number of amides is 1. The van der Waals surface area contributed by atoms with Gasteiger partial charge in [-0.25, -0.2) is 0 Å². The standard InChI is InChI=1S/C14H26N2O2/c1-15-10-13-11-18-9-8-16(13)14(17)7-3-6-12-4-2-5-12/h12-13,15H,2-11H2,1H3. The summed E-state index contributed by atoms with van der Waals surface area (Å²) in [6.07, 6.45) is 7.19. The summed E-state index contributed by atoms with van der Waals surface area (Å²) < 4.78 is 5.45. The van der Waals surface area contributed by atoms with E-state index in [0.717, 1.165) is 31.8 Å². The maximum Gasteiger partial charge on any atom is 0.223 e. The molecular formula is C14H26N2O2. The van der Waals surface area contributed by atoms with Gasteiger partial charge in [-0.2, -0.15) is 0 Å². The number of likely N-dealkylation sites (N-methyl/N-ethyl adjacent to an activating group) is 1. The zero-order chi connectivity index (χ0) is 12.8. The van der Waals surface area contributed by atoms with Crippen LogP contribution >= 0.6 is 0 Å². The molecule has 0 radical (unpaired) electrons. The van der Waals surface area contributed by atoms with Crippen molar-refractivity contribution in [1.82, 2.24) is 10.2 Å². The molecule has 18 heavy (non-hydrogen) atoms. The lowest BCUT2D eigenvalue weighted by molar-refractivity contribution is -0.139. The summed E-state index contributed by atoms with van der Waals surface area (Å²) in [7, 11) is 1.92. The van der Waals surface area contributed by atoms with Crippen molar-refractivity contribution in [1.29, 1.82) is 0 Å². The van der Waals surface area contributed by atoms with E-state index in [-0.39, 0.29) is 6.04 Å². The fourth-order valence-corrected chi connectivity index (χ4v) is 2.85. The first kappa shape index (κ1) is 13.8. The average Bonchev–Trinajstić information content (AvgIpc) is 2.33. The van der Waals surface area contributed by atoms with Gasteiger partial charge in [0, 0.05) is 19.5 Å². The fourth-order valence-electron chi connectivity index (χ4n) is 2.85. The SMILES string of the molecule is CNCC1COCCN1C(=O)CCCC1CCC1. The molecule has 1 amide bonds. The van der Waals surface area contributed by atoms with E-state index in [1.165, 1.54) is 25.7 Å². The number of carbonyl (C=O) groups is 1. The van der Waals surface area contributed by atoms with Crippen LogP contribution in [0.15, 0.2) is 0 Å². The second-order valence-electron chi connectivity index (χ2n) is 5.56. The Kier molecular flexibility index (Phi) is 5.45. The summed E-state index contributed by atoms with van der Waals surface area (Å²) in [5.41, 5.74) is 0. The highest BCUT2D eigenvalue weighted by molar-refractivity contribution is 5.76. The minimum Gasteiger partial charge on any atom is -0.377 e. The first-order chi connectivity index (χ1) is 8.81. The van der Waals surface area contributed by atoms with Crippen molar-refractivity contribution in [2.45, 2.75) is 44.6 Å². The normalized spacial score (nSPS) is 24.9. The van der Waals surface area contributed by atoms with E-state index >= 15 is 0 Å². The molecule has 104 valence electrons. The molecule has 0 aromatic rings. The van der Waals surface area contributed by atoms with Crippen LogP contribution in [0.2, 0.25) is 0 Å². The van der Waals surface area contributed by atoms with Gasteiger partial charge in [-0.15, -0.1) is 0 Å². The van der Waals surface area contributed by atoms with Gasteiger partial charge >= 0.3 is 0 Å². The van der Waals surface area contributed by atoms with E-state index in [9.17, 15) is 4.79 Å². The van der Waals surface area contributed by atoms with Crippen LogP contribution in [0.5, 0.6) is 0 Å². The Labute approximate surface area is 110 Å². The highest BCUT2D eigenvalue weighted by Crippen LogP contribution is 2.30. The summed E-state index contributed by atoms with van der Waals surface area (Å²) >= 11 is 0. The van der Waals surface area contributed by atoms with Gasteiger partial charge in [0.2, 0.25) is 5.91 Å². The van der Waals surface area contributed by atoms with Crippen LogP contribution in [0.25, 0.3) is 0 Å². The largest absolute Gasteiger partial charge is 0.377 e. The van der Waals surface area contributed by atoms with Crippen LogP contribution in [0.3, 0.4) is 0 Å². The second kappa shape index (κ2) is 7.10. The van der Waals surface area contributed by atoms with Crippen LogP contribution in [0.1, 0.15) is 38.5 Å². The first-order valence-corrected chi connectivity index (χ1v) is 7.33. The van der Waals surface area contributed by atoms with E-state index in [0.29, 0.717) is 19.1 Å². The quantitative estimate of drug-likeness (QED) is 0.779. The van der Waals surface area contributed by atoms with Gasteiger partial charge < -0.3 is 15.0 Å². The maximum atomic E-state index is 12.2. The molecule has 4 nitrogen and oxygen atoms in total. The third kappa shape index (κ3) is 3.69.